The molecule has 1 amide bonds. The number of likely N-dealkylation sites (tertiary alicyclic amines) is 1. The fourth-order valence-corrected chi connectivity index (χ4v) is 3.00. The fourth-order valence-electron chi connectivity index (χ4n) is 3.00. The van der Waals surface area contributed by atoms with Crippen LogP contribution in [0.4, 0.5) is 15.8 Å². The van der Waals surface area contributed by atoms with Crippen molar-refractivity contribution in [3.63, 3.8) is 0 Å². The van der Waals surface area contributed by atoms with Crippen molar-refractivity contribution in [1.29, 1.82) is 0 Å². The average Bonchev–Trinajstić information content (AvgIpc) is 2.73. The molecule has 0 aliphatic carbocycles. The van der Waals surface area contributed by atoms with Gasteiger partial charge in [-0.3, -0.25) is 9.59 Å². The highest BCUT2D eigenvalue weighted by molar-refractivity contribution is 6.51. The standard InChI is InChI=1S/C15H18FN3O2/c1-18-5-3-9(4-6-18)19(2)13-8-12-10(7-11(13)16)14(20)15(21)17-12/h7-9H,3-6H2,1-2H3,(H,17,20,21). The largest absolute Gasteiger partial charge is 0.369 e. The first-order valence-electron chi connectivity index (χ1n) is 7.08. The van der Waals surface area contributed by atoms with Crippen LogP contribution >= 0.6 is 0 Å². The molecule has 2 heterocycles. The number of carbonyl (C=O) groups excluding carboxylic acids is 2. The number of hydrogen-bond donors (Lipinski definition) is 1. The van der Waals surface area contributed by atoms with Gasteiger partial charge in [0.2, 0.25) is 0 Å². The molecule has 0 spiro atoms. The number of anilines is 2. The van der Waals surface area contributed by atoms with Gasteiger partial charge in [-0.15, -0.1) is 0 Å². The number of Topliss-reactive ketones (excluding diaryl/α,β-unsaturated/α-hetero) is 1. The Balaban J connectivity index is 1.88. The van der Waals surface area contributed by atoms with Crippen molar-refractivity contribution in [2.24, 2.45) is 0 Å². The molecule has 0 aromatic heterocycles. The number of rotatable bonds is 2. The van der Waals surface area contributed by atoms with Gasteiger partial charge >= 0.3 is 0 Å². The molecule has 1 aromatic carbocycles. The number of amides is 1. The van der Waals surface area contributed by atoms with Gasteiger partial charge in [-0.1, -0.05) is 0 Å². The van der Waals surface area contributed by atoms with Gasteiger partial charge in [0.15, 0.2) is 0 Å². The maximum Gasteiger partial charge on any atom is 0.296 e. The fraction of sp³-hybridized carbons (Fsp3) is 0.467. The van der Waals surface area contributed by atoms with Gasteiger partial charge in [-0.25, -0.2) is 4.39 Å². The molecule has 3 rings (SSSR count). The molecule has 1 aromatic rings. The molecule has 0 bridgehead atoms. The number of nitrogens with one attached hydrogen (secondary N) is 1. The summed E-state index contributed by atoms with van der Waals surface area (Å²) in [6.45, 7) is 1.97. The third kappa shape index (κ3) is 2.40. The Hall–Kier alpha value is -1.95. The van der Waals surface area contributed by atoms with E-state index in [0.717, 1.165) is 32.0 Å². The molecule has 5 nitrogen and oxygen atoms in total. The molecule has 112 valence electrons. The Morgan fingerprint density at radius 3 is 2.62 bits per heavy atom. The number of piperidine rings is 1. The molecule has 2 aliphatic rings. The van der Waals surface area contributed by atoms with Crippen LogP contribution in [-0.2, 0) is 4.79 Å². The van der Waals surface area contributed by atoms with Crippen LogP contribution < -0.4 is 10.2 Å². The molecule has 2 aliphatic heterocycles. The predicted molar refractivity (Wildman–Crippen MR) is 78.3 cm³/mol. The Morgan fingerprint density at radius 1 is 1.29 bits per heavy atom. The van der Waals surface area contributed by atoms with E-state index in [1.165, 1.54) is 0 Å². The highest BCUT2D eigenvalue weighted by atomic mass is 19.1. The quantitative estimate of drug-likeness (QED) is 0.839. The summed E-state index contributed by atoms with van der Waals surface area (Å²) < 4.78 is 14.3. The van der Waals surface area contributed by atoms with Crippen molar-refractivity contribution in [2.75, 3.05) is 37.4 Å². The summed E-state index contributed by atoms with van der Waals surface area (Å²) in [5, 5.41) is 2.49. The molecule has 0 radical (unpaired) electrons. The van der Waals surface area contributed by atoms with Crippen LogP contribution in [-0.4, -0.2) is 49.8 Å². The van der Waals surface area contributed by atoms with Crippen molar-refractivity contribution in [3.05, 3.63) is 23.5 Å². The summed E-state index contributed by atoms with van der Waals surface area (Å²) in [6, 6.07) is 2.99. The minimum Gasteiger partial charge on any atom is -0.369 e. The van der Waals surface area contributed by atoms with Crippen LogP contribution in [0.1, 0.15) is 23.2 Å². The number of ketones is 1. The van der Waals surface area contributed by atoms with E-state index < -0.39 is 17.5 Å². The molecular formula is C15H18FN3O2. The zero-order valence-corrected chi connectivity index (χ0v) is 12.1. The first-order valence-corrected chi connectivity index (χ1v) is 7.08. The van der Waals surface area contributed by atoms with Crippen molar-refractivity contribution in [3.8, 4) is 0 Å². The van der Waals surface area contributed by atoms with E-state index in [1.807, 2.05) is 11.9 Å². The van der Waals surface area contributed by atoms with E-state index >= 15 is 0 Å². The van der Waals surface area contributed by atoms with Crippen LogP contribution in [0.2, 0.25) is 0 Å². The molecule has 6 heteroatoms. The molecule has 0 saturated carbocycles. The van der Waals surface area contributed by atoms with Crippen molar-refractivity contribution >= 4 is 23.1 Å². The van der Waals surface area contributed by atoms with Crippen LogP contribution in [0.25, 0.3) is 0 Å². The third-order valence-electron chi connectivity index (χ3n) is 4.40. The molecule has 1 N–H and O–H groups in total. The number of carbonyl (C=O) groups is 2. The summed E-state index contributed by atoms with van der Waals surface area (Å²) in [4.78, 5) is 27.1. The lowest BCUT2D eigenvalue weighted by atomic mass is 10.0. The summed E-state index contributed by atoms with van der Waals surface area (Å²) in [5.41, 5.74) is 0.956. The zero-order chi connectivity index (χ0) is 15.1. The lowest BCUT2D eigenvalue weighted by Crippen LogP contribution is -2.42. The molecule has 1 fully saturated rings. The average molecular weight is 291 g/mol. The Kier molecular flexibility index (Phi) is 3.41. The first kappa shape index (κ1) is 14.0. The second-order valence-electron chi connectivity index (χ2n) is 5.78. The van der Waals surface area contributed by atoms with Gasteiger partial charge in [-0.05, 0) is 45.1 Å². The van der Waals surface area contributed by atoms with Gasteiger partial charge in [0, 0.05) is 13.1 Å². The van der Waals surface area contributed by atoms with Gasteiger partial charge < -0.3 is 15.1 Å². The lowest BCUT2D eigenvalue weighted by Gasteiger charge is -2.36. The number of nitrogens with zero attached hydrogens (tertiary/aromatic N) is 2. The van der Waals surface area contributed by atoms with Gasteiger partial charge in [0.25, 0.3) is 11.7 Å². The number of fused-ring (bicyclic) bond motifs is 1. The maximum absolute atomic E-state index is 14.3. The van der Waals surface area contributed by atoms with Crippen LogP contribution in [0, 0.1) is 5.82 Å². The van der Waals surface area contributed by atoms with Crippen LogP contribution in [0.3, 0.4) is 0 Å². The van der Waals surface area contributed by atoms with E-state index in [0.29, 0.717) is 11.4 Å². The van der Waals surface area contributed by atoms with E-state index in [4.69, 9.17) is 0 Å². The van der Waals surface area contributed by atoms with Gasteiger partial charge in [0.1, 0.15) is 5.82 Å². The van der Waals surface area contributed by atoms with Crippen LogP contribution in [0.15, 0.2) is 12.1 Å². The highest BCUT2D eigenvalue weighted by Crippen LogP contribution is 2.32. The molecule has 0 atom stereocenters. The smallest absolute Gasteiger partial charge is 0.296 e. The summed E-state index contributed by atoms with van der Waals surface area (Å²) in [7, 11) is 3.94. The Bertz CT molecular complexity index is 609. The van der Waals surface area contributed by atoms with E-state index in [-0.39, 0.29) is 11.6 Å². The van der Waals surface area contributed by atoms with Crippen molar-refractivity contribution in [1.82, 2.24) is 4.90 Å². The van der Waals surface area contributed by atoms with Crippen molar-refractivity contribution < 1.29 is 14.0 Å². The number of benzene rings is 1. The van der Waals surface area contributed by atoms with Gasteiger partial charge in [-0.2, -0.15) is 0 Å². The van der Waals surface area contributed by atoms with Crippen molar-refractivity contribution in [2.45, 2.75) is 18.9 Å². The molecule has 0 unspecified atom stereocenters. The Labute approximate surface area is 122 Å². The SMILES string of the molecule is CN1CCC(N(C)c2cc3c(cc2F)C(=O)C(=O)N3)CC1. The number of hydrogen-bond acceptors (Lipinski definition) is 4. The third-order valence-corrected chi connectivity index (χ3v) is 4.40. The van der Waals surface area contributed by atoms with Crippen LogP contribution in [0.5, 0.6) is 0 Å². The predicted octanol–water partition coefficient (Wildman–Crippen LogP) is 1.49. The maximum atomic E-state index is 14.3. The number of halogens is 1. The summed E-state index contributed by atoms with van der Waals surface area (Å²) >= 11 is 0. The summed E-state index contributed by atoms with van der Waals surface area (Å²) in [6.07, 6.45) is 1.93. The Morgan fingerprint density at radius 2 is 1.95 bits per heavy atom. The monoisotopic (exact) mass is 291 g/mol. The summed E-state index contributed by atoms with van der Waals surface area (Å²) in [5.74, 6) is -1.82. The minimum absolute atomic E-state index is 0.123. The minimum atomic E-state index is -0.691. The zero-order valence-electron chi connectivity index (χ0n) is 12.1. The topological polar surface area (TPSA) is 52.7 Å². The molecular weight excluding hydrogens is 273 g/mol. The molecule has 1 saturated heterocycles. The first-order chi connectivity index (χ1) is 9.97. The van der Waals surface area contributed by atoms with E-state index in [9.17, 15) is 14.0 Å². The second-order valence-corrected chi connectivity index (χ2v) is 5.78. The second kappa shape index (κ2) is 5.11. The van der Waals surface area contributed by atoms with E-state index in [2.05, 4.69) is 17.3 Å². The van der Waals surface area contributed by atoms with Gasteiger partial charge in [0.05, 0.1) is 16.9 Å². The highest BCUT2D eigenvalue weighted by Gasteiger charge is 2.31. The molecule has 21 heavy (non-hydrogen) atoms. The van der Waals surface area contributed by atoms with E-state index in [1.54, 1.807) is 6.07 Å². The lowest BCUT2D eigenvalue weighted by molar-refractivity contribution is -0.112. The normalized spacial score (nSPS) is 19.6.